The number of fused-ring (bicyclic) bond motifs is 1. The van der Waals surface area contributed by atoms with E-state index in [9.17, 15) is 14.7 Å². The zero-order valence-corrected chi connectivity index (χ0v) is 28.5. The molecule has 0 fully saturated rings. The van der Waals surface area contributed by atoms with Gasteiger partial charge in [-0.15, -0.1) is 0 Å². The zero-order valence-electron chi connectivity index (χ0n) is 20.7. The largest absolute Gasteiger partial charge is 1.00 e. The van der Waals surface area contributed by atoms with Crippen LogP contribution >= 0.6 is 23.2 Å². The molecule has 35 heavy (non-hydrogen) atoms. The molecule has 0 aliphatic rings. The van der Waals surface area contributed by atoms with Gasteiger partial charge in [0.15, 0.2) is 5.78 Å². The number of carbonyl (C=O) groups is 2. The van der Waals surface area contributed by atoms with E-state index in [-0.39, 0.29) is 94.9 Å². The number of Topliss-reactive ketones (excluding diaryl/α,β-unsaturated/α-hetero) is 1. The molecule has 3 rings (SSSR count). The number of benzene rings is 2. The van der Waals surface area contributed by atoms with Gasteiger partial charge in [0.2, 0.25) is 0 Å². The molecule has 0 radical (unpaired) electrons. The second kappa shape index (κ2) is 15.8. The maximum Gasteiger partial charge on any atom is 1.00 e. The smallest absolute Gasteiger partial charge is 0.481 e. The molecule has 1 heterocycles. The van der Waals surface area contributed by atoms with E-state index in [4.69, 9.17) is 28.3 Å². The van der Waals surface area contributed by atoms with Crippen molar-refractivity contribution in [3.63, 3.8) is 0 Å². The normalized spacial score (nSPS) is 11.5. The molecule has 1 atom stereocenters. The Labute approximate surface area is 276 Å². The quantitative estimate of drug-likeness (QED) is 0.177. The third-order valence-electron chi connectivity index (χ3n) is 5.98. The molecule has 2 aromatic carbocycles. The molecule has 184 valence electrons. The molecule has 3 aromatic rings. The van der Waals surface area contributed by atoms with E-state index in [0.717, 1.165) is 47.8 Å². The minimum absolute atomic E-state index is 0. The number of hydrogen-bond donors (Lipinski definition) is 2. The van der Waals surface area contributed by atoms with Crippen molar-refractivity contribution in [2.75, 3.05) is 0 Å². The number of aliphatic carboxylic acids is 1. The van der Waals surface area contributed by atoms with Gasteiger partial charge in [0.05, 0.1) is 6.10 Å². The van der Waals surface area contributed by atoms with Gasteiger partial charge in [-0.05, 0) is 61.6 Å². The van der Waals surface area contributed by atoms with E-state index in [0.29, 0.717) is 28.5 Å². The Kier molecular flexibility index (Phi) is 14.8. The van der Waals surface area contributed by atoms with Crippen LogP contribution in [0.5, 0.6) is 0 Å². The van der Waals surface area contributed by atoms with Crippen LogP contribution in [-0.2, 0) is 18.3 Å². The first-order valence-electron chi connectivity index (χ1n) is 11.2. The van der Waals surface area contributed by atoms with Crippen LogP contribution in [0, 0.1) is 7.43 Å². The predicted molar refractivity (Wildman–Crippen MR) is 139 cm³/mol. The molecule has 0 spiro atoms. The van der Waals surface area contributed by atoms with Crippen LogP contribution in [0.4, 0.5) is 0 Å². The first kappa shape index (κ1) is 32.7. The fourth-order valence-corrected chi connectivity index (χ4v) is 4.66. The van der Waals surface area contributed by atoms with E-state index in [1.165, 1.54) is 0 Å². The van der Waals surface area contributed by atoms with Gasteiger partial charge in [-0.3, -0.25) is 9.59 Å². The van der Waals surface area contributed by atoms with Crippen LogP contribution in [0.3, 0.4) is 0 Å². The van der Waals surface area contributed by atoms with E-state index < -0.39 is 12.1 Å². The Morgan fingerprint density at radius 3 is 2.37 bits per heavy atom. The Morgan fingerprint density at radius 1 is 0.971 bits per heavy atom. The fourth-order valence-electron chi connectivity index (χ4n) is 4.29. The summed E-state index contributed by atoms with van der Waals surface area (Å²) >= 11 is 12.2. The molecule has 0 bridgehead atoms. The van der Waals surface area contributed by atoms with Crippen LogP contribution in [0.1, 0.15) is 72.7 Å². The second-order valence-corrected chi connectivity index (χ2v) is 9.26. The van der Waals surface area contributed by atoms with Crippen LogP contribution in [0.15, 0.2) is 42.5 Å². The maximum absolute atomic E-state index is 13.1. The number of carbonyl (C=O) groups excluding carboxylic acids is 1. The molecule has 0 saturated carbocycles. The number of aromatic nitrogens is 1. The second-order valence-electron chi connectivity index (χ2n) is 8.38. The van der Waals surface area contributed by atoms with Crippen molar-refractivity contribution >= 4 is 45.9 Å². The van der Waals surface area contributed by atoms with Gasteiger partial charge in [-0.2, -0.15) is 0 Å². The van der Waals surface area contributed by atoms with Gasteiger partial charge < -0.3 is 22.2 Å². The summed E-state index contributed by atoms with van der Waals surface area (Å²) in [7, 11) is 1.95. The maximum atomic E-state index is 13.1. The summed E-state index contributed by atoms with van der Waals surface area (Å²) in [6.45, 7) is 0. The van der Waals surface area contributed by atoms with Crippen LogP contribution in [-0.4, -0.2) is 26.5 Å². The van der Waals surface area contributed by atoms with Gasteiger partial charge in [0.25, 0.3) is 0 Å². The number of aryl methyl sites for hydroxylation is 1. The summed E-state index contributed by atoms with van der Waals surface area (Å²) in [6, 6.07) is 12.8. The average Bonchev–Trinajstić information content (AvgIpc) is 3.04. The number of halogens is 2. The van der Waals surface area contributed by atoms with Crippen molar-refractivity contribution in [3.05, 3.63) is 76.8 Å². The van der Waals surface area contributed by atoms with Crippen LogP contribution < -0.4 is 68.9 Å². The van der Waals surface area contributed by atoms with Gasteiger partial charge in [0.1, 0.15) is 0 Å². The first-order chi connectivity index (χ1) is 15.8. The van der Waals surface area contributed by atoms with Crippen molar-refractivity contribution in [2.24, 2.45) is 7.05 Å². The molecule has 0 aliphatic carbocycles. The van der Waals surface area contributed by atoms with E-state index in [2.05, 4.69) is 0 Å². The van der Waals surface area contributed by atoms with E-state index >= 15 is 0 Å². The predicted octanol–water partition coefficient (Wildman–Crippen LogP) is 4.21. The molecular formula is C27H32Cl2CsNO4. The number of unbranched alkanes of at least 4 members (excludes halogenated alkanes) is 2. The number of nitrogens with zero attached hydrogens (tertiary/aromatic N) is 1. The number of aliphatic hydroxyl groups excluding tert-OH is 1. The van der Waals surface area contributed by atoms with Crippen molar-refractivity contribution in [3.8, 4) is 0 Å². The molecule has 0 amide bonds. The van der Waals surface area contributed by atoms with Crippen molar-refractivity contribution < 1.29 is 88.7 Å². The van der Waals surface area contributed by atoms with Gasteiger partial charge in [-0.1, -0.05) is 48.2 Å². The Bertz CT molecular complexity index is 1150. The van der Waals surface area contributed by atoms with E-state index in [1.54, 1.807) is 12.1 Å². The monoisotopic (exact) mass is 637 g/mol. The number of rotatable bonds is 12. The summed E-state index contributed by atoms with van der Waals surface area (Å²) < 4.78 is 2.04. The van der Waals surface area contributed by atoms with Crippen molar-refractivity contribution in [1.82, 2.24) is 4.57 Å². The summed E-state index contributed by atoms with van der Waals surface area (Å²) in [5.41, 5.74) is 3.36. The molecule has 2 N–H and O–H groups in total. The minimum atomic E-state index is -0.899. The molecule has 1 aromatic heterocycles. The average molecular weight is 638 g/mol. The molecule has 0 saturated heterocycles. The topological polar surface area (TPSA) is 79.5 Å². The number of hydrogen-bond acceptors (Lipinski definition) is 3. The molecular weight excluding hydrogens is 606 g/mol. The standard InChI is InChI=1S/C26H29Cl2NO4.CH3.Cs/c1-29-21-14-13-19(28)16-20(21)26(24(31)11-6-12-25(32)33)22(29)9-3-2-4-10-23(30)17-7-5-8-18(27)15-17;;/h5,7-8,13-16,23,30H,2-4,6,9-12H2,1H3,(H,32,33);1H3;/q;-1;+1. The number of carboxylic acids is 1. The third-order valence-corrected chi connectivity index (χ3v) is 6.45. The first-order valence-corrected chi connectivity index (χ1v) is 12.0. The zero-order chi connectivity index (χ0) is 24.0. The minimum Gasteiger partial charge on any atom is -0.481 e. The van der Waals surface area contributed by atoms with E-state index in [1.807, 2.05) is 41.9 Å². The van der Waals surface area contributed by atoms with Crippen LogP contribution in [0.25, 0.3) is 10.9 Å². The number of ketones is 1. The van der Waals surface area contributed by atoms with Gasteiger partial charge in [-0.25, -0.2) is 0 Å². The molecule has 1 unspecified atom stereocenters. The summed E-state index contributed by atoms with van der Waals surface area (Å²) in [5.74, 6) is -0.945. The fraction of sp³-hybridized carbons (Fsp3) is 0.370. The molecule has 5 nitrogen and oxygen atoms in total. The molecule has 8 heteroatoms. The number of aliphatic hydroxyl groups is 1. The Balaban J connectivity index is 0.00000306. The van der Waals surface area contributed by atoms with Gasteiger partial charge in [0, 0.05) is 52.1 Å². The summed E-state index contributed by atoms with van der Waals surface area (Å²) in [5, 5.41) is 21.3. The summed E-state index contributed by atoms with van der Waals surface area (Å²) in [6.07, 6.45) is 3.93. The molecule has 0 aliphatic heterocycles. The van der Waals surface area contributed by atoms with Crippen LogP contribution in [0.2, 0.25) is 10.0 Å². The Hall–Kier alpha value is -0.288. The van der Waals surface area contributed by atoms with Gasteiger partial charge >= 0.3 is 74.9 Å². The Morgan fingerprint density at radius 2 is 1.69 bits per heavy atom. The van der Waals surface area contributed by atoms with Crippen molar-refractivity contribution in [1.29, 1.82) is 0 Å². The third kappa shape index (κ3) is 9.20. The SMILES string of the molecule is Cn1c(CCCCCC(O)c2cccc(Cl)c2)c(C(=O)CCCC(=O)O)c2cc(Cl)ccc21.[CH3-].[Cs+]. The number of carboxylic acid groups (broad SMARTS) is 1. The van der Waals surface area contributed by atoms with Crippen molar-refractivity contribution in [2.45, 2.75) is 57.5 Å². The summed E-state index contributed by atoms with van der Waals surface area (Å²) in [4.78, 5) is 23.9.